The summed E-state index contributed by atoms with van der Waals surface area (Å²) in [6.07, 6.45) is 3.11. The first kappa shape index (κ1) is 14.2. The molecule has 0 radical (unpaired) electrons. The van der Waals surface area contributed by atoms with Crippen LogP contribution in [0.3, 0.4) is 0 Å². The Morgan fingerprint density at radius 2 is 1.77 bits per heavy atom. The topological polar surface area (TPSA) is 60.7 Å². The van der Waals surface area contributed by atoms with Gasteiger partial charge in [-0.1, -0.05) is 54.1 Å². The Balaban J connectivity index is 1.85. The zero-order valence-electron chi connectivity index (χ0n) is 11.4. The van der Waals surface area contributed by atoms with Gasteiger partial charge in [0, 0.05) is 16.7 Å². The molecule has 0 aliphatic rings. The third-order valence-corrected chi connectivity index (χ3v) is 3.25. The van der Waals surface area contributed by atoms with E-state index in [0.29, 0.717) is 10.8 Å². The molecule has 0 amide bonds. The van der Waals surface area contributed by atoms with Crippen molar-refractivity contribution in [1.29, 1.82) is 0 Å². The minimum atomic E-state index is -0.321. The molecule has 0 bridgehead atoms. The van der Waals surface area contributed by atoms with Crippen LogP contribution >= 0.6 is 11.6 Å². The molecule has 1 aromatic heterocycles. The molecule has 0 N–H and O–H groups in total. The van der Waals surface area contributed by atoms with E-state index in [4.69, 9.17) is 11.6 Å². The fourth-order valence-corrected chi connectivity index (χ4v) is 2.04. The third kappa shape index (κ3) is 3.10. The molecule has 2 aromatic carbocycles. The molecular formula is C16H11ClN4O. The van der Waals surface area contributed by atoms with Crippen molar-refractivity contribution in [2.24, 2.45) is 0 Å². The maximum absolute atomic E-state index is 12.2. The average molecular weight is 311 g/mol. The lowest BCUT2D eigenvalue weighted by atomic mass is 10.2. The van der Waals surface area contributed by atoms with Crippen molar-refractivity contribution >= 4 is 23.6 Å². The van der Waals surface area contributed by atoms with Crippen molar-refractivity contribution in [3.63, 3.8) is 0 Å². The van der Waals surface area contributed by atoms with Gasteiger partial charge in [0.1, 0.15) is 0 Å². The molecule has 22 heavy (non-hydrogen) atoms. The van der Waals surface area contributed by atoms with E-state index in [1.807, 2.05) is 42.5 Å². The van der Waals surface area contributed by atoms with Gasteiger partial charge in [0.15, 0.2) is 5.82 Å². The van der Waals surface area contributed by atoms with Crippen molar-refractivity contribution in [3.8, 4) is 11.4 Å². The zero-order chi connectivity index (χ0) is 15.4. The largest absolute Gasteiger partial charge is 0.274 e. The SMILES string of the molecule is O=C(/C=C/c1ccc(Cl)cc1)n1nnnc1-c1ccccc1. The molecule has 0 unspecified atom stereocenters. The highest BCUT2D eigenvalue weighted by Gasteiger charge is 2.12. The summed E-state index contributed by atoms with van der Waals surface area (Å²) < 4.78 is 1.17. The minimum absolute atomic E-state index is 0.321. The van der Waals surface area contributed by atoms with E-state index in [-0.39, 0.29) is 5.91 Å². The molecule has 0 aliphatic carbocycles. The Kier molecular flexibility index (Phi) is 4.07. The molecule has 3 aromatic rings. The monoisotopic (exact) mass is 310 g/mol. The molecule has 6 heteroatoms. The highest BCUT2D eigenvalue weighted by atomic mass is 35.5. The second kappa shape index (κ2) is 6.32. The second-order valence-electron chi connectivity index (χ2n) is 4.50. The molecule has 0 saturated heterocycles. The quantitative estimate of drug-likeness (QED) is 0.550. The van der Waals surface area contributed by atoms with Crippen LogP contribution in [-0.4, -0.2) is 26.1 Å². The lowest BCUT2D eigenvalue weighted by Gasteiger charge is -2.00. The maximum atomic E-state index is 12.2. The van der Waals surface area contributed by atoms with Crippen LogP contribution in [0.1, 0.15) is 10.4 Å². The number of rotatable bonds is 3. The second-order valence-corrected chi connectivity index (χ2v) is 4.94. The average Bonchev–Trinajstić information content (AvgIpc) is 3.04. The van der Waals surface area contributed by atoms with Crippen LogP contribution in [0.2, 0.25) is 5.02 Å². The van der Waals surface area contributed by atoms with Gasteiger partial charge in [0.25, 0.3) is 5.91 Å². The first-order valence-electron chi connectivity index (χ1n) is 6.56. The van der Waals surface area contributed by atoms with Gasteiger partial charge in [-0.2, -0.15) is 4.68 Å². The van der Waals surface area contributed by atoms with Gasteiger partial charge in [-0.05, 0) is 34.2 Å². The molecule has 3 rings (SSSR count). The van der Waals surface area contributed by atoms with Gasteiger partial charge in [0.2, 0.25) is 0 Å². The van der Waals surface area contributed by atoms with Crippen LogP contribution < -0.4 is 0 Å². The summed E-state index contributed by atoms with van der Waals surface area (Å²) in [7, 11) is 0. The highest BCUT2D eigenvalue weighted by molar-refractivity contribution is 6.30. The number of aromatic nitrogens is 4. The van der Waals surface area contributed by atoms with Crippen LogP contribution in [0.4, 0.5) is 0 Å². The molecule has 0 aliphatic heterocycles. The molecule has 108 valence electrons. The van der Waals surface area contributed by atoms with Crippen LogP contribution in [0.15, 0.2) is 60.7 Å². The minimum Gasteiger partial charge on any atom is -0.267 e. The zero-order valence-corrected chi connectivity index (χ0v) is 12.2. The number of benzene rings is 2. The number of hydrogen-bond donors (Lipinski definition) is 0. The number of tetrazole rings is 1. The molecule has 0 saturated carbocycles. The molecule has 0 fully saturated rings. The first-order valence-corrected chi connectivity index (χ1v) is 6.93. The van der Waals surface area contributed by atoms with Crippen molar-refractivity contribution in [3.05, 3.63) is 71.3 Å². The molecule has 0 atom stereocenters. The summed E-state index contributed by atoms with van der Waals surface area (Å²) in [5, 5.41) is 11.9. The standard InChI is InChI=1S/C16H11ClN4O/c17-14-9-6-12(7-10-14)8-11-15(22)21-16(18-19-20-21)13-4-2-1-3-5-13/h1-11H/b11-8+. The number of allylic oxidation sites excluding steroid dienone is 1. The van der Waals surface area contributed by atoms with E-state index in [2.05, 4.69) is 15.5 Å². The normalized spacial score (nSPS) is 11.0. The number of nitrogens with zero attached hydrogens (tertiary/aromatic N) is 4. The summed E-state index contributed by atoms with van der Waals surface area (Å²) >= 11 is 5.82. The van der Waals surface area contributed by atoms with Gasteiger partial charge in [-0.3, -0.25) is 4.79 Å². The predicted molar refractivity (Wildman–Crippen MR) is 84.4 cm³/mol. The summed E-state index contributed by atoms with van der Waals surface area (Å²) in [6.45, 7) is 0. The van der Waals surface area contributed by atoms with E-state index in [9.17, 15) is 4.79 Å². The van der Waals surface area contributed by atoms with E-state index >= 15 is 0 Å². The smallest absolute Gasteiger partial charge is 0.267 e. The van der Waals surface area contributed by atoms with Gasteiger partial charge in [0.05, 0.1) is 0 Å². The fraction of sp³-hybridized carbons (Fsp3) is 0. The van der Waals surface area contributed by atoms with E-state index < -0.39 is 0 Å². The molecule has 1 heterocycles. The van der Waals surface area contributed by atoms with Crippen LogP contribution in [0.5, 0.6) is 0 Å². The Morgan fingerprint density at radius 3 is 2.50 bits per heavy atom. The number of halogens is 1. The van der Waals surface area contributed by atoms with Crippen LogP contribution in [0, 0.1) is 0 Å². The van der Waals surface area contributed by atoms with Gasteiger partial charge >= 0.3 is 0 Å². The van der Waals surface area contributed by atoms with Crippen molar-refractivity contribution in [2.45, 2.75) is 0 Å². The first-order chi connectivity index (χ1) is 10.7. The summed E-state index contributed by atoms with van der Waals surface area (Å²) in [5.41, 5.74) is 1.65. The number of carbonyl (C=O) groups excluding carboxylic acids is 1. The van der Waals surface area contributed by atoms with E-state index in [1.54, 1.807) is 18.2 Å². The van der Waals surface area contributed by atoms with Gasteiger partial charge < -0.3 is 0 Å². The van der Waals surface area contributed by atoms with Crippen LogP contribution in [-0.2, 0) is 0 Å². The van der Waals surface area contributed by atoms with Crippen LogP contribution in [0.25, 0.3) is 17.5 Å². The summed E-state index contributed by atoms with van der Waals surface area (Å²) in [5.74, 6) is 0.0881. The lowest BCUT2D eigenvalue weighted by Crippen LogP contribution is -2.11. The highest BCUT2D eigenvalue weighted by Crippen LogP contribution is 2.15. The van der Waals surface area contributed by atoms with Gasteiger partial charge in [-0.15, -0.1) is 5.10 Å². The molecule has 0 spiro atoms. The maximum Gasteiger partial charge on any atom is 0.274 e. The predicted octanol–water partition coefficient (Wildman–Crippen LogP) is 3.35. The molecule has 5 nitrogen and oxygen atoms in total. The molecular weight excluding hydrogens is 300 g/mol. The number of hydrogen-bond acceptors (Lipinski definition) is 4. The Morgan fingerprint density at radius 1 is 1.05 bits per heavy atom. The Bertz CT molecular complexity index is 810. The van der Waals surface area contributed by atoms with Crippen molar-refractivity contribution in [2.75, 3.05) is 0 Å². The number of carbonyl (C=O) groups is 1. The van der Waals surface area contributed by atoms with E-state index in [0.717, 1.165) is 11.1 Å². The van der Waals surface area contributed by atoms with Gasteiger partial charge in [-0.25, -0.2) is 0 Å². The third-order valence-electron chi connectivity index (χ3n) is 3.00. The van der Waals surface area contributed by atoms with Crippen molar-refractivity contribution < 1.29 is 4.79 Å². The Labute approximate surface area is 131 Å². The summed E-state index contributed by atoms with van der Waals surface area (Å²) in [6, 6.07) is 16.5. The van der Waals surface area contributed by atoms with Crippen molar-refractivity contribution in [1.82, 2.24) is 20.2 Å². The lowest BCUT2D eigenvalue weighted by molar-refractivity contribution is 0.0955. The van der Waals surface area contributed by atoms with E-state index in [1.165, 1.54) is 10.8 Å². The summed E-state index contributed by atoms with van der Waals surface area (Å²) in [4.78, 5) is 12.2. The Hall–Kier alpha value is -2.79. The fourth-order valence-electron chi connectivity index (χ4n) is 1.91.